The number of hydrogen-bond donors (Lipinski definition) is 0. The van der Waals surface area contributed by atoms with Crippen LogP contribution in [-0.4, -0.2) is 68.1 Å². The molecule has 3 nitrogen and oxygen atoms in total. The Labute approximate surface area is 142 Å². The van der Waals surface area contributed by atoms with Crippen molar-refractivity contribution >= 4 is 0 Å². The molecule has 23 heavy (non-hydrogen) atoms. The predicted molar refractivity (Wildman–Crippen MR) is 97.5 cm³/mol. The Balaban J connectivity index is 1.43. The lowest BCUT2D eigenvalue weighted by molar-refractivity contribution is 0.132. The molecule has 2 aliphatic heterocycles. The van der Waals surface area contributed by atoms with Gasteiger partial charge in [0, 0.05) is 32.7 Å². The summed E-state index contributed by atoms with van der Waals surface area (Å²) in [4.78, 5) is 7.72. The van der Waals surface area contributed by atoms with Crippen LogP contribution in [0.2, 0.25) is 0 Å². The molecule has 3 heteroatoms. The SMILES string of the molecule is CN1CCC(CN(C)CC2CCCN(Cc3ccccc3)C2)C1. The Bertz CT molecular complexity index is 461. The summed E-state index contributed by atoms with van der Waals surface area (Å²) in [6, 6.07) is 10.9. The second-order valence-corrected chi connectivity index (χ2v) is 7.87. The molecule has 0 aliphatic carbocycles. The van der Waals surface area contributed by atoms with Gasteiger partial charge in [-0.25, -0.2) is 0 Å². The van der Waals surface area contributed by atoms with Gasteiger partial charge in [0.05, 0.1) is 0 Å². The first-order chi connectivity index (χ1) is 11.2. The molecule has 0 radical (unpaired) electrons. The lowest BCUT2D eigenvalue weighted by Crippen LogP contribution is -2.40. The molecule has 1 aromatic carbocycles. The van der Waals surface area contributed by atoms with E-state index in [1.54, 1.807) is 0 Å². The molecule has 2 aliphatic rings. The zero-order valence-electron chi connectivity index (χ0n) is 15.0. The fourth-order valence-electron chi connectivity index (χ4n) is 4.42. The third-order valence-electron chi connectivity index (χ3n) is 5.48. The molecular formula is C20H33N3. The number of hydrogen-bond acceptors (Lipinski definition) is 3. The highest BCUT2D eigenvalue weighted by Gasteiger charge is 2.24. The van der Waals surface area contributed by atoms with Crippen LogP contribution >= 0.6 is 0 Å². The summed E-state index contributed by atoms with van der Waals surface area (Å²) in [5.41, 5.74) is 1.45. The number of likely N-dealkylation sites (tertiary alicyclic amines) is 2. The normalized spacial score (nSPS) is 26.9. The van der Waals surface area contributed by atoms with Crippen LogP contribution in [0.25, 0.3) is 0 Å². The predicted octanol–water partition coefficient (Wildman–Crippen LogP) is 2.78. The highest BCUT2D eigenvalue weighted by atomic mass is 15.2. The minimum Gasteiger partial charge on any atom is -0.306 e. The first-order valence-electron chi connectivity index (χ1n) is 9.32. The highest BCUT2D eigenvalue weighted by Crippen LogP contribution is 2.21. The van der Waals surface area contributed by atoms with Crippen molar-refractivity contribution in [3.63, 3.8) is 0 Å². The average Bonchev–Trinajstić information content (AvgIpc) is 2.93. The molecule has 2 heterocycles. The van der Waals surface area contributed by atoms with Crippen LogP contribution in [0.15, 0.2) is 30.3 Å². The second kappa shape index (κ2) is 8.27. The van der Waals surface area contributed by atoms with Crippen LogP contribution in [0.3, 0.4) is 0 Å². The van der Waals surface area contributed by atoms with E-state index in [1.807, 2.05) is 0 Å². The fourth-order valence-corrected chi connectivity index (χ4v) is 4.42. The van der Waals surface area contributed by atoms with Gasteiger partial charge in [0.1, 0.15) is 0 Å². The van der Waals surface area contributed by atoms with E-state index in [2.05, 4.69) is 59.1 Å². The van der Waals surface area contributed by atoms with Crippen molar-refractivity contribution in [1.82, 2.24) is 14.7 Å². The van der Waals surface area contributed by atoms with Crippen molar-refractivity contribution in [3.05, 3.63) is 35.9 Å². The van der Waals surface area contributed by atoms with E-state index < -0.39 is 0 Å². The summed E-state index contributed by atoms with van der Waals surface area (Å²) >= 11 is 0. The van der Waals surface area contributed by atoms with Gasteiger partial charge in [-0.2, -0.15) is 0 Å². The summed E-state index contributed by atoms with van der Waals surface area (Å²) in [5, 5.41) is 0. The van der Waals surface area contributed by atoms with Crippen molar-refractivity contribution in [2.75, 3.05) is 53.4 Å². The van der Waals surface area contributed by atoms with E-state index in [0.717, 1.165) is 18.4 Å². The highest BCUT2D eigenvalue weighted by molar-refractivity contribution is 5.14. The van der Waals surface area contributed by atoms with Gasteiger partial charge in [0.15, 0.2) is 0 Å². The zero-order valence-corrected chi connectivity index (χ0v) is 15.0. The van der Waals surface area contributed by atoms with Crippen LogP contribution < -0.4 is 0 Å². The third-order valence-corrected chi connectivity index (χ3v) is 5.48. The van der Waals surface area contributed by atoms with Gasteiger partial charge in [-0.15, -0.1) is 0 Å². The molecule has 0 spiro atoms. The van der Waals surface area contributed by atoms with Crippen molar-refractivity contribution < 1.29 is 0 Å². The molecule has 128 valence electrons. The Morgan fingerprint density at radius 2 is 1.74 bits per heavy atom. The Morgan fingerprint density at radius 1 is 1.00 bits per heavy atom. The Hall–Kier alpha value is -0.900. The summed E-state index contributed by atoms with van der Waals surface area (Å²) < 4.78 is 0. The van der Waals surface area contributed by atoms with Crippen LogP contribution in [-0.2, 0) is 6.54 Å². The van der Waals surface area contributed by atoms with E-state index in [1.165, 1.54) is 64.1 Å². The maximum atomic E-state index is 2.65. The van der Waals surface area contributed by atoms with Gasteiger partial charge in [-0.1, -0.05) is 30.3 Å². The largest absolute Gasteiger partial charge is 0.306 e. The average molecular weight is 316 g/mol. The minimum atomic E-state index is 0.844. The number of benzene rings is 1. The maximum absolute atomic E-state index is 2.65. The van der Waals surface area contributed by atoms with Crippen LogP contribution in [0, 0.1) is 11.8 Å². The standard InChI is InChI=1S/C20H33N3/c1-21-12-10-20(13-21)15-22(2)14-19-9-6-11-23(17-19)16-18-7-4-3-5-8-18/h3-5,7-8,19-20H,6,9-17H2,1-2H3. The number of piperidine rings is 1. The van der Waals surface area contributed by atoms with Gasteiger partial charge in [-0.05, 0) is 63.8 Å². The summed E-state index contributed by atoms with van der Waals surface area (Å²) in [6.45, 7) is 8.77. The maximum Gasteiger partial charge on any atom is 0.0233 e. The van der Waals surface area contributed by atoms with E-state index in [0.29, 0.717) is 0 Å². The molecular weight excluding hydrogens is 282 g/mol. The van der Waals surface area contributed by atoms with Crippen molar-refractivity contribution in [2.45, 2.75) is 25.8 Å². The summed E-state index contributed by atoms with van der Waals surface area (Å²) in [5.74, 6) is 1.73. The molecule has 2 saturated heterocycles. The molecule has 0 N–H and O–H groups in total. The first-order valence-corrected chi connectivity index (χ1v) is 9.32. The van der Waals surface area contributed by atoms with Crippen molar-refractivity contribution in [2.24, 2.45) is 11.8 Å². The van der Waals surface area contributed by atoms with E-state index in [9.17, 15) is 0 Å². The molecule has 3 rings (SSSR count). The molecule has 2 unspecified atom stereocenters. The van der Waals surface area contributed by atoms with Gasteiger partial charge in [-0.3, -0.25) is 4.90 Å². The second-order valence-electron chi connectivity index (χ2n) is 7.87. The Morgan fingerprint density at radius 3 is 2.43 bits per heavy atom. The van der Waals surface area contributed by atoms with E-state index in [-0.39, 0.29) is 0 Å². The van der Waals surface area contributed by atoms with E-state index in [4.69, 9.17) is 0 Å². The molecule has 0 amide bonds. The zero-order chi connectivity index (χ0) is 16.1. The quantitative estimate of drug-likeness (QED) is 0.799. The Kier molecular flexibility index (Phi) is 6.09. The van der Waals surface area contributed by atoms with Crippen LogP contribution in [0.1, 0.15) is 24.8 Å². The van der Waals surface area contributed by atoms with Crippen molar-refractivity contribution in [1.29, 1.82) is 0 Å². The summed E-state index contributed by atoms with van der Waals surface area (Å²) in [7, 11) is 4.58. The van der Waals surface area contributed by atoms with Crippen LogP contribution in [0.5, 0.6) is 0 Å². The lowest BCUT2D eigenvalue weighted by Gasteiger charge is -2.35. The fraction of sp³-hybridized carbons (Fsp3) is 0.700. The van der Waals surface area contributed by atoms with Gasteiger partial charge in [0.2, 0.25) is 0 Å². The first kappa shape index (κ1) is 16.9. The molecule has 2 fully saturated rings. The molecule has 1 aromatic rings. The van der Waals surface area contributed by atoms with Crippen molar-refractivity contribution in [3.8, 4) is 0 Å². The topological polar surface area (TPSA) is 9.72 Å². The minimum absolute atomic E-state index is 0.844. The molecule has 0 bridgehead atoms. The molecule has 0 aromatic heterocycles. The molecule has 2 atom stereocenters. The third kappa shape index (κ3) is 5.30. The van der Waals surface area contributed by atoms with Crippen LogP contribution in [0.4, 0.5) is 0 Å². The van der Waals surface area contributed by atoms with Gasteiger partial charge in [0.25, 0.3) is 0 Å². The van der Waals surface area contributed by atoms with Gasteiger partial charge >= 0.3 is 0 Å². The molecule has 0 saturated carbocycles. The van der Waals surface area contributed by atoms with E-state index >= 15 is 0 Å². The van der Waals surface area contributed by atoms with Gasteiger partial charge < -0.3 is 9.80 Å². The number of nitrogens with zero attached hydrogens (tertiary/aromatic N) is 3. The lowest BCUT2D eigenvalue weighted by atomic mass is 9.96. The smallest absolute Gasteiger partial charge is 0.0233 e. The summed E-state index contributed by atoms with van der Waals surface area (Å²) in [6.07, 6.45) is 4.14. The monoisotopic (exact) mass is 315 g/mol. The number of rotatable bonds is 6.